The van der Waals surface area contributed by atoms with E-state index < -0.39 is 0 Å². The van der Waals surface area contributed by atoms with Crippen LogP contribution >= 0.6 is 23.2 Å². The van der Waals surface area contributed by atoms with Gasteiger partial charge in [-0.05, 0) is 30.7 Å². The third-order valence-electron chi connectivity index (χ3n) is 2.84. The van der Waals surface area contributed by atoms with Crippen LogP contribution in [0, 0.1) is 0 Å². The Hall–Kier alpha value is -1.38. The molecule has 0 saturated carbocycles. The van der Waals surface area contributed by atoms with Crippen molar-refractivity contribution in [3.05, 3.63) is 58.1 Å². The molecule has 4 heteroatoms. The minimum Gasteiger partial charge on any atom is -0.494 e. The Labute approximate surface area is 129 Å². The molecule has 0 aliphatic heterocycles. The number of ether oxygens (including phenoxy) is 1. The van der Waals surface area contributed by atoms with Crippen LogP contribution in [0.3, 0.4) is 0 Å². The minimum atomic E-state index is 0.579. The molecule has 2 aromatic rings. The molecule has 0 atom stereocenters. The van der Waals surface area contributed by atoms with Gasteiger partial charge in [0.25, 0.3) is 0 Å². The van der Waals surface area contributed by atoms with Gasteiger partial charge in [0, 0.05) is 33.9 Å². The van der Waals surface area contributed by atoms with E-state index in [4.69, 9.17) is 27.9 Å². The quantitative estimate of drug-likeness (QED) is 0.772. The van der Waals surface area contributed by atoms with Gasteiger partial charge < -0.3 is 10.1 Å². The molecule has 0 aliphatic rings. The largest absolute Gasteiger partial charge is 0.494 e. The standard InChI is InChI=1S/C16H17Cl2NO/c1-2-9-20-13-6-3-5-12(10-13)19-11-14-15(17)7-4-8-16(14)18/h3-8,10,19H,2,9,11H2,1H3. The van der Waals surface area contributed by atoms with Crippen LogP contribution in [0.4, 0.5) is 5.69 Å². The monoisotopic (exact) mass is 309 g/mol. The number of benzene rings is 2. The highest BCUT2D eigenvalue weighted by Gasteiger charge is 2.05. The summed E-state index contributed by atoms with van der Waals surface area (Å²) in [6.07, 6.45) is 0.993. The summed E-state index contributed by atoms with van der Waals surface area (Å²) in [6.45, 7) is 3.39. The van der Waals surface area contributed by atoms with Crippen LogP contribution in [0.5, 0.6) is 5.75 Å². The van der Waals surface area contributed by atoms with Crippen molar-refractivity contribution in [2.45, 2.75) is 19.9 Å². The fraction of sp³-hybridized carbons (Fsp3) is 0.250. The highest BCUT2D eigenvalue weighted by atomic mass is 35.5. The first-order chi connectivity index (χ1) is 9.70. The zero-order valence-corrected chi connectivity index (χ0v) is 12.8. The van der Waals surface area contributed by atoms with Gasteiger partial charge in [-0.2, -0.15) is 0 Å². The van der Waals surface area contributed by atoms with Crippen LogP contribution < -0.4 is 10.1 Å². The molecule has 0 heterocycles. The summed E-state index contributed by atoms with van der Waals surface area (Å²) in [5.41, 5.74) is 1.88. The molecule has 1 N–H and O–H groups in total. The first kappa shape index (κ1) is 15.0. The lowest BCUT2D eigenvalue weighted by Gasteiger charge is -2.11. The predicted molar refractivity (Wildman–Crippen MR) is 86.0 cm³/mol. The molecule has 20 heavy (non-hydrogen) atoms. The third kappa shape index (κ3) is 4.06. The molecule has 0 fully saturated rings. The summed E-state index contributed by atoms with van der Waals surface area (Å²) in [5, 5.41) is 4.65. The fourth-order valence-corrected chi connectivity index (χ4v) is 2.34. The van der Waals surface area contributed by atoms with Gasteiger partial charge >= 0.3 is 0 Å². The first-order valence-corrected chi connectivity index (χ1v) is 7.36. The number of halogens is 2. The number of anilines is 1. The van der Waals surface area contributed by atoms with Crippen molar-refractivity contribution in [1.82, 2.24) is 0 Å². The predicted octanol–water partition coefficient (Wildman–Crippen LogP) is 5.39. The minimum absolute atomic E-state index is 0.579. The molecular weight excluding hydrogens is 293 g/mol. The molecule has 106 valence electrons. The lowest BCUT2D eigenvalue weighted by atomic mass is 10.2. The smallest absolute Gasteiger partial charge is 0.121 e. The topological polar surface area (TPSA) is 21.3 Å². The van der Waals surface area contributed by atoms with Crippen LogP contribution in [-0.2, 0) is 6.54 Å². The van der Waals surface area contributed by atoms with Crippen molar-refractivity contribution in [2.24, 2.45) is 0 Å². The normalized spacial score (nSPS) is 10.3. The highest BCUT2D eigenvalue weighted by molar-refractivity contribution is 6.36. The summed E-state index contributed by atoms with van der Waals surface area (Å²) < 4.78 is 5.60. The molecule has 2 nitrogen and oxygen atoms in total. The van der Waals surface area contributed by atoms with Gasteiger partial charge in [-0.1, -0.05) is 42.3 Å². The van der Waals surface area contributed by atoms with Crippen molar-refractivity contribution in [2.75, 3.05) is 11.9 Å². The van der Waals surface area contributed by atoms with Crippen molar-refractivity contribution in [3.63, 3.8) is 0 Å². The van der Waals surface area contributed by atoms with Crippen molar-refractivity contribution in [3.8, 4) is 5.75 Å². The van der Waals surface area contributed by atoms with Gasteiger partial charge in [0.15, 0.2) is 0 Å². The van der Waals surface area contributed by atoms with Crippen molar-refractivity contribution >= 4 is 28.9 Å². The Morgan fingerprint density at radius 2 is 1.75 bits per heavy atom. The Balaban J connectivity index is 2.03. The highest BCUT2D eigenvalue weighted by Crippen LogP contribution is 2.26. The number of nitrogens with one attached hydrogen (secondary N) is 1. The van der Waals surface area contributed by atoms with Gasteiger partial charge in [0.05, 0.1) is 6.61 Å². The number of rotatable bonds is 6. The van der Waals surface area contributed by atoms with E-state index in [1.54, 1.807) is 0 Å². The SMILES string of the molecule is CCCOc1cccc(NCc2c(Cl)cccc2Cl)c1. The molecule has 0 unspecified atom stereocenters. The maximum Gasteiger partial charge on any atom is 0.121 e. The summed E-state index contributed by atoms with van der Waals surface area (Å²) in [6, 6.07) is 13.4. The molecule has 2 aromatic carbocycles. The number of hydrogen-bond donors (Lipinski definition) is 1. The summed E-state index contributed by atoms with van der Waals surface area (Å²) >= 11 is 12.3. The van der Waals surface area contributed by atoms with Crippen LogP contribution in [0.2, 0.25) is 10.0 Å². The third-order valence-corrected chi connectivity index (χ3v) is 3.55. The van der Waals surface area contributed by atoms with E-state index in [-0.39, 0.29) is 0 Å². The average molecular weight is 310 g/mol. The lowest BCUT2D eigenvalue weighted by molar-refractivity contribution is 0.317. The summed E-state index contributed by atoms with van der Waals surface area (Å²) in [5.74, 6) is 0.863. The van der Waals surface area contributed by atoms with Crippen molar-refractivity contribution < 1.29 is 4.74 Å². The first-order valence-electron chi connectivity index (χ1n) is 6.60. The van der Waals surface area contributed by atoms with Crippen molar-refractivity contribution in [1.29, 1.82) is 0 Å². The maximum atomic E-state index is 6.15. The lowest BCUT2D eigenvalue weighted by Crippen LogP contribution is -2.01. The molecule has 0 amide bonds. The second-order valence-electron chi connectivity index (χ2n) is 4.43. The zero-order chi connectivity index (χ0) is 14.4. The molecule has 0 bridgehead atoms. The van der Waals surface area contributed by atoms with E-state index in [9.17, 15) is 0 Å². The molecule has 0 spiro atoms. The molecule has 2 rings (SSSR count). The Kier molecular flexibility index (Phi) is 5.57. The molecule has 0 aliphatic carbocycles. The van der Waals surface area contributed by atoms with E-state index in [0.29, 0.717) is 16.6 Å². The van der Waals surface area contributed by atoms with E-state index in [2.05, 4.69) is 12.2 Å². The zero-order valence-electron chi connectivity index (χ0n) is 11.3. The van der Waals surface area contributed by atoms with Crippen LogP contribution in [0.15, 0.2) is 42.5 Å². The Morgan fingerprint density at radius 1 is 1.05 bits per heavy atom. The molecule has 0 saturated heterocycles. The van der Waals surface area contributed by atoms with Gasteiger partial charge in [-0.15, -0.1) is 0 Å². The average Bonchev–Trinajstić information content (AvgIpc) is 2.45. The van der Waals surface area contributed by atoms with Gasteiger partial charge in [-0.3, -0.25) is 0 Å². The second kappa shape index (κ2) is 7.41. The van der Waals surface area contributed by atoms with Crippen LogP contribution in [0.25, 0.3) is 0 Å². The molecule has 0 aromatic heterocycles. The fourth-order valence-electron chi connectivity index (χ4n) is 1.81. The maximum absolute atomic E-state index is 6.15. The Morgan fingerprint density at radius 3 is 2.45 bits per heavy atom. The van der Waals surface area contributed by atoms with Gasteiger partial charge in [0.2, 0.25) is 0 Å². The summed E-state index contributed by atoms with van der Waals surface area (Å²) in [7, 11) is 0. The summed E-state index contributed by atoms with van der Waals surface area (Å²) in [4.78, 5) is 0. The van der Waals surface area contributed by atoms with E-state index in [1.807, 2.05) is 42.5 Å². The van der Waals surface area contributed by atoms with Crippen LogP contribution in [-0.4, -0.2) is 6.61 Å². The van der Waals surface area contributed by atoms with E-state index in [1.165, 1.54) is 0 Å². The number of hydrogen-bond acceptors (Lipinski definition) is 2. The van der Waals surface area contributed by atoms with Gasteiger partial charge in [-0.25, -0.2) is 0 Å². The molecule has 0 radical (unpaired) electrons. The molecular formula is C16H17Cl2NO. The van der Waals surface area contributed by atoms with E-state index in [0.717, 1.165) is 30.0 Å². The van der Waals surface area contributed by atoms with Gasteiger partial charge in [0.1, 0.15) is 5.75 Å². The van der Waals surface area contributed by atoms with E-state index >= 15 is 0 Å². The van der Waals surface area contributed by atoms with Crippen LogP contribution in [0.1, 0.15) is 18.9 Å². The Bertz CT molecular complexity index is 552. The second-order valence-corrected chi connectivity index (χ2v) is 5.24.